The third-order valence-corrected chi connectivity index (χ3v) is 3.66. The minimum Gasteiger partial charge on any atom is -0.480 e. The number of hydrogen-bond acceptors (Lipinski definition) is 3. The highest BCUT2D eigenvalue weighted by atomic mass is 35.5. The van der Waals surface area contributed by atoms with Crippen molar-refractivity contribution in [2.45, 2.75) is 25.3 Å². The van der Waals surface area contributed by atoms with E-state index in [0.717, 1.165) is 25.9 Å². The molecule has 1 aliphatic heterocycles. The first-order valence-corrected chi connectivity index (χ1v) is 6.71. The van der Waals surface area contributed by atoms with Crippen molar-refractivity contribution >= 4 is 23.4 Å². The lowest BCUT2D eigenvalue weighted by molar-refractivity contribution is -0.142. The van der Waals surface area contributed by atoms with Crippen molar-refractivity contribution in [2.24, 2.45) is 0 Å². The highest BCUT2D eigenvalue weighted by Gasteiger charge is 2.30. The fraction of sp³-hybridized carbons (Fsp3) is 0.429. The zero-order valence-corrected chi connectivity index (χ0v) is 11.3. The second kappa shape index (κ2) is 6.17. The highest BCUT2D eigenvalue weighted by Crippen LogP contribution is 2.18. The molecule has 0 saturated carbocycles. The maximum absolute atomic E-state index is 12.1. The third kappa shape index (κ3) is 3.55. The summed E-state index contributed by atoms with van der Waals surface area (Å²) in [7, 11) is 0. The summed E-state index contributed by atoms with van der Waals surface area (Å²) in [5, 5.41) is 9.82. The summed E-state index contributed by atoms with van der Waals surface area (Å²) in [6.07, 6.45) is 2.01. The Morgan fingerprint density at radius 2 is 1.79 bits per heavy atom. The van der Waals surface area contributed by atoms with E-state index in [-0.39, 0.29) is 12.2 Å². The molecule has 1 N–H and O–H groups in total. The number of ketones is 1. The van der Waals surface area contributed by atoms with Crippen LogP contribution in [0.4, 0.5) is 0 Å². The first kappa shape index (κ1) is 14.0. The Bertz CT molecular complexity index is 466. The van der Waals surface area contributed by atoms with Gasteiger partial charge in [0.15, 0.2) is 5.78 Å². The Morgan fingerprint density at radius 3 is 2.32 bits per heavy atom. The number of nitrogens with zero attached hydrogens (tertiary/aromatic N) is 1. The van der Waals surface area contributed by atoms with Crippen LogP contribution in [-0.4, -0.2) is 40.9 Å². The van der Waals surface area contributed by atoms with Crippen LogP contribution in [0.25, 0.3) is 0 Å². The molecule has 1 heterocycles. The summed E-state index contributed by atoms with van der Waals surface area (Å²) < 4.78 is 0. The topological polar surface area (TPSA) is 57.6 Å². The molecule has 0 bridgehead atoms. The number of benzene rings is 1. The van der Waals surface area contributed by atoms with Crippen molar-refractivity contribution in [2.75, 3.05) is 13.1 Å². The average molecular weight is 282 g/mol. The molecule has 1 unspecified atom stereocenters. The molecule has 0 spiro atoms. The summed E-state index contributed by atoms with van der Waals surface area (Å²) in [6.45, 7) is 1.51. The van der Waals surface area contributed by atoms with Crippen molar-refractivity contribution in [1.29, 1.82) is 0 Å². The van der Waals surface area contributed by atoms with Crippen molar-refractivity contribution in [3.63, 3.8) is 0 Å². The number of Topliss-reactive ketones (excluding diaryl/α,β-unsaturated/α-hetero) is 1. The van der Waals surface area contributed by atoms with E-state index in [9.17, 15) is 14.7 Å². The van der Waals surface area contributed by atoms with Gasteiger partial charge in [-0.05, 0) is 50.2 Å². The molecule has 1 saturated heterocycles. The SMILES string of the molecule is O=C(CC(C(=O)O)N1CCCC1)c1ccc(Cl)cc1. The summed E-state index contributed by atoms with van der Waals surface area (Å²) >= 11 is 5.76. The van der Waals surface area contributed by atoms with Crippen LogP contribution in [-0.2, 0) is 4.79 Å². The summed E-state index contributed by atoms with van der Waals surface area (Å²) in [6, 6.07) is 5.83. The van der Waals surface area contributed by atoms with Gasteiger partial charge in [-0.2, -0.15) is 0 Å². The lowest BCUT2D eigenvalue weighted by atomic mass is 10.0. The molecule has 1 atom stereocenters. The highest BCUT2D eigenvalue weighted by molar-refractivity contribution is 6.30. The first-order valence-electron chi connectivity index (χ1n) is 6.33. The van der Waals surface area contributed by atoms with Gasteiger partial charge in [-0.15, -0.1) is 0 Å². The van der Waals surface area contributed by atoms with Crippen LogP contribution < -0.4 is 0 Å². The van der Waals surface area contributed by atoms with E-state index in [1.807, 2.05) is 4.90 Å². The fourth-order valence-electron chi connectivity index (χ4n) is 2.36. The molecule has 19 heavy (non-hydrogen) atoms. The molecule has 0 aromatic heterocycles. The van der Waals surface area contributed by atoms with Crippen molar-refractivity contribution in [1.82, 2.24) is 4.90 Å². The molecule has 0 radical (unpaired) electrons. The minimum absolute atomic E-state index is 0.0109. The number of aliphatic carboxylic acids is 1. The van der Waals surface area contributed by atoms with Gasteiger partial charge in [-0.1, -0.05) is 11.6 Å². The predicted octanol–water partition coefficient (Wildman–Crippen LogP) is 2.46. The van der Waals surface area contributed by atoms with E-state index in [4.69, 9.17) is 11.6 Å². The molecule has 1 aromatic rings. The first-order chi connectivity index (χ1) is 9.08. The summed E-state index contributed by atoms with van der Waals surface area (Å²) in [4.78, 5) is 25.3. The van der Waals surface area contributed by atoms with E-state index in [1.165, 1.54) is 0 Å². The van der Waals surface area contributed by atoms with Gasteiger partial charge in [0.25, 0.3) is 0 Å². The zero-order chi connectivity index (χ0) is 13.8. The van der Waals surface area contributed by atoms with E-state index >= 15 is 0 Å². The van der Waals surface area contributed by atoms with Crippen molar-refractivity contribution in [3.8, 4) is 0 Å². The number of halogens is 1. The van der Waals surface area contributed by atoms with Gasteiger partial charge in [0.2, 0.25) is 0 Å². The van der Waals surface area contributed by atoms with Crippen molar-refractivity contribution < 1.29 is 14.7 Å². The van der Waals surface area contributed by atoms with Crippen LogP contribution in [0, 0.1) is 0 Å². The van der Waals surface area contributed by atoms with E-state index in [0.29, 0.717) is 10.6 Å². The van der Waals surface area contributed by atoms with Gasteiger partial charge >= 0.3 is 5.97 Å². The number of carboxylic acids is 1. The summed E-state index contributed by atoms with van der Waals surface area (Å²) in [5.41, 5.74) is 0.509. The quantitative estimate of drug-likeness (QED) is 0.843. The molecule has 0 aliphatic carbocycles. The maximum atomic E-state index is 12.1. The lowest BCUT2D eigenvalue weighted by Gasteiger charge is -2.22. The van der Waals surface area contributed by atoms with Crippen LogP contribution in [0.3, 0.4) is 0 Å². The largest absolute Gasteiger partial charge is 0.480 e. The normalized spacial score (nSPS) is 17.3. The Morgan fingerprint density at radius 1 is 1.21 bits per heavy atom. The minimum atomic E-state index is -0.927. The van der Waals surface area contributed by atoms with Crippen LogP contribution in [0.1, 0.15) is 29.6 Å². The predicted molar refractivity (Wildman–Crippen MR) is 72.6 cm³/mol. The summed E-state index contributed by atoms with van der Waals surface area (Å²) in [5.74, 6) is -1.08. The van der Waals surface area contributed by atoms with Crippen molar-refractivity contribution in [3.05, 3.63) is 34.9 Å². The van der Waals surface area contributed by atoms with Crippen LogP contribution in [0.2, 0.25) is 5.02 Å². The molecule has 1 aliphatic rings. The Labute approximate surface area is 117 Å². The Hall–Kier alpha value is -1.39. The van der Waals surface area contributed by atoms with E-state index < -0.39 is 12.0 Å². The lowest BCUT2D eigenvalue weighted by Crippen LogP contribution is -2.40. The smallest absolute Gasteiger partial charge is 0.321 e. The maximum Gasteiger partial charge on any atom is 0.321 e. The van der Waals surface area contributed by atoms with Gasteiger partial charge in [-0.25, -0.2) is 0 Å². The van der Waals surface area contributed by atoms with Gasteiger partial charge in [0.05, 0.1) is 0 Å². The monoisotopic (exact) mass is 281 g/mol. The number of likely N-dealkylation sites (tertiary alicyclic amines) is 1. The number of carboxylic acid groups (broad SMARTS) is 1. The average Bonchev–Trinajstić information content (AvgIpc) is 2.89. The number of rotatable bonds is 5. The Kier molecular flexibility index (Phi) is 4.56. The zero-order valence-electron chi connectivity index (χ0n) is 10.5. The molecule has 5 heteroatoms. The molecule has 1 fully saturated rings. The molecule has 4 nitrogen and oxygen atoms in total. The molecule has 2 rings (SSSR count). The molecular formula is C14H16ClNO3. The number of hydrogen-bond donors (Lipinski definition) is 1. The van der Waals surface area contributed by atoms with Crippen LogP contribution in [0.5, 0.6) is 0 Å². The number of carbonyl (C=O) groups is 2. The fourth-order valence-corrected chi connectivity index (χ4v) is 2.48. The van der Waals surface area contributed by atoms with Crippen LogP contribution in [0.15, 0.2) is 24.3 Å². The van der Waals surface area contributed by atoms with E-state index in [1.54, 1.807) is 24.3 Å². The number of carbonyl (C=O) groups excluding carboxylic acids is 1. The molecule has 0 amide bonds. The van der Waals surface area contributed by atoms with Gasteiger partial charge in [0, 0.05) is 17.0 Å². The third-order valence-electron chi connectivity index (χ3n) is 3.41. The van der Waals surface area contributed by atoms with Gasteiger partial charge in [-0.3, -0.25) is 14.5 Å². The van der Waals surface area contributed by atoms with E-state index in [2.05, 4.69) is 0 Å². The standard InChI is InChI=1S/C14H16ClNO3/c15-11-5-3-10(4-6-11)13(17)9-12(14(18)19)16-7-1-2-8-16/h3-6,12H,1-2,7-9H2,(H,18,19). The Balaban J connectivity index is 2.06. The second-order valence-electron chi connectivity index (χ2n) is 4.73. The second-order valence-corrected chi connectivity index (χ2v) is 5.17. The van der Waals surface area contributed by atoms with Gasteiger partial charge < -0.3 is 5.11 Å². The van der Waals surface area contributed by atoms with Gasteiger partial charge in [0.1, 0.15) is 6.04 Å². The molecule has 102 valence electrons. The molecular weight excluding hydrogens is 266 g/mol. The molecule has 1 aromatic carbocycles. The van der Waals surface area contributed by atoms with Crippen LogP contribution >= 0.6 is 11.6 Å².